The van der Waals surface area contributed by atoms with E-state index >= 15 is 0 Å². The molecule has 0 aliphatic carbocycles. The van der Waals surface area contributed by atoms with Gasteiger partial charge in [0.1, 0.15) is 0 Å². The molecule has 0 unspecified atom stereocenters. The van der Waals surface area contributed by atoms with E-state index in [1.807, 2.05) is 13.8 Å². The number of halogens is 1. The molecule has 2 N–H and O–H groups in total. The molecule has 0 saturated carbocycles. The van der Waals surface area contributed by atoms with Crippen LogP contribution in [0.25, 0.3) is 11.4 Å². The van der Waals surface area contributed by atoms with Gasteiger partial charge in [-0.2, -0.15) is 0 Å². The van der Waals surface area contributed by atoms with Crippen molar-refractivity contribution in [1.29, 1.82) is 0 Å². The van der Waals surface area contributed by atoms with Gasteiger partial charge < -0.3 is 0 Å². The van der Waals surface area contributed by atoms with E-state index in [4.69, 9.17) is 16.7 Å². The molecule has 1 heterocycles. The number of hydrogen-bond donors (Lipinski definition) is 1. The number of benzene rings is 1. The van der Waals surface area contributed by atoms with Gasteiger partial charge in [-0.05, 0) is 26.0 Å². The Hall–Kier alpha value is -1.44. The molecule has 0 spiro atoms. The Balaban J connectivity index is 2.69. The van der Waals surface area contributed by atoms with Crippen molar-refractivity contribution in [2.75, 3.05) is 0 Å². The Labute approximate surface area is 116 Å². The Kier molecular flexibility index (Phi) is 3.62. The van der Waals surface area contributed by atoms with Gasteiger partial charge in [-0.25, -0.2) is 13.6 Å². The van der Waals surface area contributed by atoms with Crippen LogP contribution in [0.5, 0.6) is 0 Å². The summed E-state index contributed by atoms with van der Waals surface area (Å²) in [5.41, 5.74) is 0.684. The van der Waals surface area contributed by atoms with Crippen molar-refractivity contribution in [3.63, 3.8) is 0 Å². The predicted octanol–water partition coefficient (Wildman–Crippen LogP) is 1.83. The highest BCUT2D eigenvalue weighted by Crippen LogP contribution is 2.25. The highest BCUT2D eigenvalue weighted by Gasteiger charge is 2.23. The molecule has 19 heavy (non-hydrogen) atoms. The molecule has 8 heteroatoms. The second-order valence-corrected chi connectivity index (χ2v) is 6.22. The maximum atomic E-state index is 11.5. The molecule has 0 saturated heterocycles. The summed E-state index contributed by atoms with van der Waals surface area (Å²) in [7, 11) is -3.92. The molecule has 0 aliphatic rings. The van der Waals surface area contributed by atoms with Gasteiger partial charge in [0.05, 0.1) is 0 Å². The summed E-state index contributed by atoms with van der Waals surface area (Å²) in [6.07, 6.45) is 0. The van der Waals surface area contributed by atoms with E-state index in [2.05, 4.69) is 10.2 Å². The van der Waals surface area contributed by atoms with Crippen LogP contribution in [-0.2, 0) is 10.0 Å². The van der Waals surface area contributed by atoms with E-state index in [9.17, 15) is 8.42 Å². The zero-order valence-corrected chi connectivity index (χ0v) is 12.0. The molecule has 2 rings (SSSR count). The number of primary sulfonamides is 1. The SMILES string of the molecule is CC(C)n1c(-c2cccc(Cl)c2)nnc1S(N)(=O)=O. The van der Waals surface area contributed by atoms with Crippen LogP contribution in [0, 0.1) is 0 Å². The molecule has 2 aromatic rings. The van der Waals surface area contributed by atoms with Crippen molar-refractivity contribution in [2.45, 2.75) is 25.0 Å². The maximum Gasteiger partial charge on any atom is 0.273 e. The van der Waals surface area contributed by atoms with Crippen LogP contribution in [0.2, 0.25) is 5.02 Å². The van der Waals surface area contributed by atoms with E-state index in [0.717, 1.165) is 0 Å². The molecule has 1 aromatic carbocycles. The normalized spacial score (nSPS) is 12.1. The number of aromatic nitrogens is 3. The topological polar surface area (TPSA) is 90.9 Å². The summed E-state index contributed by atoms with van der Waals surface area (Å²) in [5.74, 6) is 0.418. The standard InChI is InChI=1S/C11H13ClN4O2S/c1-7(2)16-10(8-4-3-5-9(12)6-8)14-15-11(16)19(13,17)18/h3-7H,1-2H3,(H2,13,17,18). The van der Waals surface area contributed by atoms with Crippen LogP contribution >= 0.6 is 11.6 Å². The molecule has 1 aromatic heterocycles. The van der Waals surface area contributed by atoms with E-state index in [1.165, 1.54) is 4.57 Å². The molecule has 0 radical (unpaired) electrons. The summed E-state index contributed by atoms with van der Waals surface area (Å²) in [4.78, 5) is 0. The number of nitrogens with two attached hydrogens (primary N) is 1. The molecular formula is C11H13ClN4O2S. The maximum absolute atomic E-state index is 11.5. The molecule has 0 atom stereocenters. The van der Waals surface area contributed by atoms with Gasteiger partial charge in [-0.3, -0.25) is 4.57 Å². The van der Waals surface area contributed by atoms with Gasteiger partial charge in [0.15, 0.2) is 5.82 Å². The summed E-state index contributed by atoms with van der Waals surface area (Å²) in [5, 5.41) is 13.0. The fourth-order valence-corrected chi connectivity index (χ4v) is 2.68. The lowest BCUT2D eigenvalue weighted by molar-refractivity contribution is 0.524. The van der Waals surface area contributed by atoms with E-state index in [1.54, 1.807) is 24.3 Å². The van der Waals surface area contributed by atoms with Crippen LogP contribution in [0.3, 0.4) is 0 Å². The van der Waals surface area contributed by atoms with Crippen molar-refractivity contribution in [3.8, 4) is 11.4 Å². The minimum absolute atomic E-state index is 0.155. The average molecular weight is 301 g/mol. The third-order valence-electron chi connectivity index (χ3n) is 2.52. The lowest BCUT2D eigenvalue weighted by Crippen LogP contribution is -2.20. The van der Waals surface area contributed by atoms with Crippen molar-refractivity contribution in [2.24, 2.45) is 5.14 Å². The number of rotatable bonds is 3. The van der Waals surface area contributed by atoms with Gasteiger partial charge >= 0.3 is 0 Å². The lowest BCUT2D eigenvalue weighted by Gasteiger charge is -2.12. The minimum atomic E-state index is -3.92. The zero-order chi connectivity index (χ0) is 14.2. The second kappa shape index (κ2) is 4.92. The van der Waals surface area contributed by atoms with Crippen molar-refractivity contribution < 1.29 is 8.42 Å². The summed E-state index contributed by atoms with van der Waals surface area (Å²) in [6, 6.07) is 6.80. The van der Waals surface area contributed by atoms with Crippen LogP contribution < -0.4 is 5.14 Å². The van der Waals surface area contributed by atoms with Crippen LogP contribution in [0.15, 0.2) is 29.4 Å². The van der Waals surface area contributed by atoms with Gasteiger partial charge in [0.25, 0.3) is 15.2 Å². The van der Waals surface area contributed by atoms with Crippen molar-refractivity contribution in [3.05, 3.63) is 29.3 Å². The van der Waals surface area contributed by atoms with Crippen LogP contribution in [0.1, 0.15) is 19.9 Å². The van der Waals surface area contributed by atoms with Gasteiger partial charge in [0, 0.05) is 16.6 Å². The first-order chi connectivity index (χ1) is 8.80. The highest BCUT2D eigenvalue weighted by molar-refractivity contribution is 7.89. The quantitative estimate of drug-likeness (QED) is 0.936. The second-order valence-electron chi connectivity index (χ2n) is 4.33. The Morgan fingerprint density at radius 3 is 2.53 bits per heavy atom. The number of sulfonamides is 1. The first-order valence-electron chi connectivity index (χ1n) is 5.54. The third-order valence-corrected chi connectivity index (χ3v) is 3.54. The van der Waals surface area contributed by atoms with E-state index < -0.39 is 10.0 Å². The largest absolute Gasteiger partial charge is 0.294 e. The first-order valence-corrected chi connectivity index (χ1v) is 7.47. The summed E-state index contributed by atoms with van der Waals surface area (Å²) >= 11 is 5.92. The number of hydrogen-bond acceptors (Lipinski definition) is 4. The highest BCUT2D eigenvalue weighted by atomic mass is 35.5. The molecule has 102 valence electrons. The van der Waals surface area contributed by atoms with Crippen molar-refractivity contribution in [1.82, 2.24) is 14.8 Å². The van der Waals surface area contributed by atoms with E-state index in [0.29, 0.717) is 16.4 Å². The number of nitrogens with zero attached hydrogens (tertiary/aromatic N) is 3. The van der Waals surface area contributed by atoms with E-state index in [-0.39, 0.29) is 11.2 Å². The predicted molar refractivity (Wildman–Crippen MR) is 72.2 cm³/mol. The molecule has 0 fully saturated rings. The third kappa shape index (κ3) is 2.78. The zero-order valence-electron chi connectivity index (χ0n) is 10.4. The summed E-state index contributed by atoms with van der Waals surface area (Å²) in [6.45, 7) is 3.65. The fraction of sp³-hybridized carbons (Fsp3) is 0.273. The van der Waals surface area contributed by atoms with Gasteiger partial charge in [0.2, 0.25) is 0 Å². The van der Waals surface area contributed by atoms with Crippen molar-refractivity contribution >= 4 is 21.6 Å². The lowest BCUT2D eigenvalue weighted by atomic mass is 10.2. The molecule has 6 nitrogen and oxygen atoms in total. The van der Waals surface area contributed by atoms with Crippen LogP contribution in [-0.4, -0.2) is 23.2 Å². The molecule has 0 aliphatic heterocycles. The molecule has 0 amide bonds. The summed E-state index contributed by atoms with van der Waals surface area (Å²) < 4.78 is 24.5. The van der Waals surface area contributed by atoms with Crippen LogP contribution in [0.4, 0.5) is 0 Å². The average Bonchev–Trinajstić information content (AvgIpc) is 2.72. The Bertz CT molecular complexity index is 709. The Morgan fingerprint density at radius 1 is 1.32 bits per heavy atom. The first kappa shape index (κ1) is 14.0. The fourth-order valence-electron chi connectivity index (χ4n) is 1.76. The monoisotopic (exact) mass is 300 g/mol. The Morgan fingerprint density at radius 2 is 2.00 bits per heavy atom. The minimum Gasteiger partial charge on any atom is -0.294 e. The molecule has 0 bridgehead atoms. The molecular weight excluding hydrogens is 288 g/mol. The van der Waals surface area contributed by atoms with Gasteiger partial charge in [-0.15, -0.1) is 10.2 Å². The smallest absolute Gasteiger partial charge is 0.273 e. The van der Waals surface area contributed by atoms with Gasteiger partial charge in [-0.1, -0.05) is 23.7 Å².